The lowest BCUT2D eigenvalue weighted by molar-refractivity contribution is -0.155. The molecule has 21 heavy (non-hydrogen) atoms. The second-order valence-corrected chi connectivity index (χ2v) is 7.04. The molecule has 2 fully saturated rings. The van der Waals surface area contributed by atoms with Gasteiger partial charge in [-0.25, -0.2) is 0 Å². The fraction of sp³-hybridized carbons (Fsp3) is 0.882. The fourth-order valence-electron chi connectivity index (χ4n) is 4.12. The lowest BCUT2D eigenvalue weighted by atomic mass is 9.80. The van der Waals surface area contributed by atoms with Gasteiger partial charge in [0, 0.05) is 6.04 Å². The van der Waals surface area contributed by atoms with Crippen molar-refractivity contribution in [1.29, 1.82) is 0 Å². The number of piperazine rings is 1. The Morgan fingerprint density at radius 1 is 1.19 bits per heavy atom. The minimum Gasteiger partial charge on any atom is -0.343 e. The molecule has 1 saturated heterocycles. The maximum atomic E-state index is 12.7. The second-order valence-electron chi connectivity index (χ2n) is 7.04. The Labute approximate surface area is 128 Å². The topological polar surface area (TPSA) is 49.4 Å². The Bertz CT molecular complexity index is 388. The molecule has 0 spiro atoms. The third-order valence-electron chi connectivity index (χ3n) is 5.15. The zero-order chi connectivity index (χ0) is 15.6. The van der Waals surface area contributed by atoms with E-state index in [4.69, 9.17) is 0 Å². The molecule has 0 radical (unpaired) electrons. The highest BCUT2D eigenvalue weighted by Crippen LogP contribution is 2.33. The summed E-state index contributed by atoms with van der Waals surface area (Å²) in [5.74, 6) is 0.836. The van der Waals surface area contributed by atoms with Crippen LogP contribution in [0, 0.1) is 11.8 Å². The van der Waals surface area contributed by atoms with E-state index in [0.29, 0.717) is 5.92 Å². The molecule has 1 aliphatic heterocycles. The molecule has 1 N–H and O–H groups in total. The molecular weight excluding hydrogens is 264 g/mol. The molecule has 1 aliphatic carbocycles. The van der Waals surface area contributed by atoms with Gasteiger partial charge in [-0.15, -0.1) is 0 Å². The van der Waals surface area contributed by atoms with Gasteiger partial charge < -0.3 is 10.2 Å². The maximum Gasteiger partial charge on any atom is 0.245 e. The second kappa shape index (κ2) is 6.80. The van der Waals surface area contributed by atoms with Crippen LogP contribution in [0.15, 0.2) is 0 Å². The molecule has 2 aliphatic rings. The van der Waals surface area contributed by atoms with Crippen molar-refractivity contribution in [2.24, 2.45) is 11.8 Å². The first kappa shape index (κ1) is 16.3. The molecule has 0 aromatic carbocycles. The number of hydrogen-bond acceptors (Lipinski definition) is 2. The van der Waals surface area contributed by atoms with Crippen LogP contribution in [0.2, 0.25) is 0 Å². The van der Waals surface area contributed by atoms with Crippen molar-refractivity contribution < 1.29 is 9.59 Å². The number of carbonyl (C=O) groups excluding carboxylic acids is 2. The smallest absolute Gasteiger partial charge is 0.245 e. The molecule has 2 amide bonds. The Morgan fingerprint density at radius 2 is 1.81 bits per heavy atom. The molecule has 3 unspecified atom stereocenters. The predicted molar refractivity (Wildman–Crippen MR) is 83.7 cm³/mol. The maximum absolute atomic E-state index is 12.7. The van der Waals surface area contributed by atoms with Crippen LogP contribution in [0.3, 0.4) is 0 Å². The molecule has 1 heterocycles. The van der Waals surface area contributed by atoms with E-state index in [2.05, 4.69) is 12.2 Å². The minimum atomic E-state index is -0.384. The molecule has 0 aromatic heterocycles. The van der Waals surface area contributed by atoms with Crippen LogP contribution in [-0.2, 0) is 9.59 Å². The van der Waals surface area contributed by atoms with Gasteiger partial charge in [-0.3, -0.25) is 9.59 Å². The normalized spacial score (nSPS) is 29.7. The van der Waals surface area contributed by atoms with E-state index >= 15 is 0 Å². The number of carbonyl (C=O) groups is 2. The number of hydrogen-bond donors (Lipinski definition) is 1. The molecule has 0 aromatic rings. The van der Waals surface area contributed by atoms with E-state index in [1.165, 1.54) is 32.1 Å². The molecule has 4 heteroatoms. The van der Waals surface area contributed by atoms with Gasteiger partial charge in [-0.05, 0) is 38.0 Å². The zero-order valence-electron chi connectivity index (χ0n) is 13.9. The van der Waals surface area contributed by atoms with Gasteiger partial charge in [0.05, 0.1) is 0 Å². The molecule has 0 bridgehead atoms. The molecular formula is C17H30N2O2. The van der Waals surface area contributed by atoms with Crippen LogP contribution in [0.4, 0.5) is 0 Å². The number of rotatable bonds is 4. The molecule has 1 saturated carbocycles. The van der Waals surface area contributed by atoms with Crippen LogP contribution < -0.4 is 5.32 Å². The van der Waals surface area contributed by atoms with E-state index in [1.807, 2.05) is 18.7 Å². The molecule has 120 valence electrons. The van der Waals surface area contributed by atoms with E-state index < -0.39 is 0 Å². The summed E-state index contributed by atoms with van der Waals surface area (Å²) in [7, 11) is 0. The van der Waals surface area contributed by atoms with Crippen molar-refractivity contribution in [2.45, 2.75) is 84.3 Å². The highest BCUT2D eigenvalue weighted by Gasteiger charge is 2.44. The third-order valence-corrected chi connectivity index (χ3v) is 5.15. The quantitative estimate of drug-likeness (QED) is 0.866. The number of nitrogens with zero attached hydrogens (tertiary/aromatic N) is 1. The van der Waals surface area contributed by atoms with Gasteiger partial charge in [0.25, 0.3) is 0 Å². The standard InChI is InChI=1S/C17H30N2O2/c1-5-14(13-9-7-6-8-10-13)19-15(11(2)3)16(20)18-12(4)17(19)21/h11-15H,5-10H2,1-4H3,(H,18,20). The summed E-state index contributed by atoms with van der Waals surface area (Å²) in [6.07, 6.45) is 7.17. The van der Waals surface area contributed by atoms with Crippen molar-refractivity contribution in [1.82, 2.24) is 10.2 Å². The highest BCUT2D eigenvalue weighted by molar-refractivity contribution is 5.97. The SMILES string of the molecule is CCC(C1CCCCC1)N1C(=O)C(C)NC(=O)C1C(C)C. The van der Waals surface area contributed by atoms with Crippen LogP contribution in [0.5, 0.6) is 0 Å². The first-order valence-corrected chi connectivity index (χ1v) is 8.59. The van der Waals surface area contributed by atoms with Gasteiger partial charge >= 0.3 is 0 Å². The molecule has 3 atom stereocenters. The van der Waals surface area contributed by atoms with Crippen molar-refractivity contribution in [3.05, 3.63) is 0 Å². The van der Waals surface area contributed by atoms with E-state index in [1.54, 1.807) is 6.92 Å². The first-order chi connectivity index (χ1) is 9.97. The van der Waals surface area contributed by atoms with E-state index in [0.717, 1.165) is 6.42 Å². The minimum absolute atomic E-state index is 0.0198. The molecule has 2 rings (SSSR count). The summed E-state index contributed by atoms with van der Waals surface area (Å²) >= 11 is 0. The van der Waals surface area contributed by atoms with Crippen LogP contribution in [0.1, 0.15) is 66.2 Å². The largest absolute Gasteiger partial charge is 0.343 e. The fourth-order valence-corrected chi connectivity index (χ4v) is 4.12. The lowest BCUT2D eigenvalue weighted by Gasteiger charge is -2.47. The van der Waals surface area contributed by atoms with Crippen LogP contribution in [-0.4, -0.2) is 34.8 Å². The average molecular weight is 294 g/mol. The number of amides is 2. The van der Waals surface area contributed by atoms with Crippen LogP contribution in [0.25, 0.3) is 0 Å². The van der Waals surface area contributed by atoms with Crippen molar-refractivity contribution in [3.63, 3.8) is 0 Å². The van der Waals surface area contributed by atoms with E-state index in [-0.39, 0.29) is 35.9 Å². The Hall–Kier alpha value is -1.06. The van der Waals surface area contributed by atoms with Gasteiger partial charge in [-0.1, -0.05) is 40.0 Å². The Balaban J connectivity index is 2.28. The Kier molecular flexibility index (Phi) is 5.28. The van der Waals surface area contributed by atoms with Gasteiger partial charge in [0.2, 0.25) is 11.8 Å². The van der Waals surface area contributed by atoms with E-state index in [9.17, 15) is 9.59 Å². The highest BCUT2D eigenvalue weighted by atomic mass is 16.2. The summed E-state index contributed by atoms with van der Waals surface area (Å²) in [6, 6.07) is -0.468. The predicted octanol–water partition coefficient (Wildman–Crippen LogP) is 2.72. The number of nitrogens with one attached hydrogen (secondary N) is 1. The van der Waals surface area contributed by atoms with Crippen molar-refractivity contribution in [3.8, 4) is 0 Å². The average Bonchev–Trinajstić information content (AvgIpc) is 2.45. The zero-order valence-corrected chi connectivity index (χ0v) is 13.9. The molecule has 4 nitrogen and oxygen atoms in total. The van der Waals surface area contributed by atoms with Crippen molar-refractivity contribution >= 4 is 11.8 Å². The Morgan fingerprint density at radius 3 is 2.33 bits per heavy atom. The first-order valence-electron chi connectivity index (χ1n) is 8.59. The van der Waals surface area contributed by atoms with Gasteiger partial charge in [0.1, 0.15) is 12.1 Å². The summed E-state index contributed by atoms with van der Waals surface area (Å²) in [4.78, 5) is 27.1. The van der Waals surface area contributed by atoms with Crippen LogP contribution >= 0.6 is 0 Å². The summed E-state index contributed by atoms with van der Waals surface area (Å²) < 4.78 is 0. The summed E-state index contributed by atoms with van der Waals surface area (Å²) in [5, 5.41) is 2.84. The monoisotopic (exact) mass is 294 g/mol. The van der Waals surface area contributed by atoms with Crippen molar-refractivity contribution in [2.75, 3.05) is 0 Å². The summed E-state index contributed by atoms with van der Waals surface area (Å²) in [5.41, 5.74) is 0. The lowest BCUT2D eigenvalue weighted by Crippen LogP contribution is -2.67. The third kappa shape index (κ3) is 3.24. The summed E-state index contributed by atoms with van der Waals surface area (Å²) in [6.45, 7) is 8.03. The van der Waals surface area contributed by atoms with Gasteiger partial charge in [0.15, 0.2) is 0 Å². The van der Waals surface area contributed by atoms with Gasteiger partial charge in [-0.2, -0.15) is 0 Å².